The summed E-state index contributed by atoms with van der Waals surface area (Å²) in [5.74, 6) is 0. The molecule has 0 aliphatic carbocycles. The molecule has 4 N–H and O–H groups in total. The van der Waals surface area contributed by atoms with E-state index in [-0.39, 0.29) is 26.3 Å². The third-order valence-electron chi connectivity index (χ3n) is 1.03. The molecule has 5 heteroatoms. The van der Waals surface area contributed by atoms with Crippen LogP contribution in [-0.4, -0.2) is 62.6 Å². The average Bonchev–Trinajstić information content (AvgIpc) is 2.24. The summed E-state index contributed by atoms with van der Waals surface area (Å²) in [5.41, 5.74) is 0. The molecule has 0 rings (SSSR count). The quantitative estimate of drug-likeness (QED) is 0.312. The summed E-state index contributed by atoms with van der Waals surface area (Å²) in [6, 6.07) is 0. The molecule has 0 heterocycles. The van der Waals surface area contributed by atoms with Crippen molar-refractivity contribution in [2.45, 2.75) is 0 Å². The van der Waals surface area contributed by atoms with Crippen molar-refractivity contribution < 1.29 is 25.9 Å². The third kappa shape index (κ3) is 11.8. The molecule has 0 aromatic carbocycles. The second kappa shape index (κ2) is 11.8. The van der Waals surface area contributed by atoms with Gasteiger partial charge in [-0.15, -0.1) is 0 Å². The molecule has 0 aliphatic heterocycles. The zero-order chi connectivity index (χ0) is 16.9. The highest BCUT2D eigenvalue weighted by molar-refractivity contribution is 4.46. The molecule has 0 aromatic rings. The normalized spacial score (nSPS) is 24.2. The summed E-state index contributed by atoms with van der Waals surface area (Å²) in [7, 11) is 0. The number of nitrogens with one attached hydrogen (secondary N) is 2. The minimum Gasteiger partial charge on any atom is -0.395 e. The first kappa shape index (κ1) is 4.55. The van der Waals surface area contributed by atoms with Gasteiger partial charge in [0.15, 0.2) is 0 Å². The maximum Gasteiger partial charge on any atom is 0.0591 e. The second-order valence-electron chi connectivity index (χ2n) is 1.94. The molecular formula is C8H20N2O3. The van der Waals surface area contributed by atoms with Crippen molar-refractivity contribution in [3.05, 3.63) is 0 Å². The number of hydrogen-bond donors (Lipinski definition) is 4. The Hall–Kier alpha value is -0.200. The molecule has 80 valence electrons. The van der Waals surface area contributed by atoms with Gasteiger partial charge >= 0.3 is 0 Å². The summed E-state index contributed by atoms with van der Waals surface area (Å²) < 4.78 is 61.1. The van der Waals surface area contributed by atoms with Crippen molar-refractivity contribution in [3.63, 3.8) is 0 Å². The first-order valence-electron chi connectivity index (χ1n) is 7.73. The molecule has 0 bridgehead atoms. The van der Waals surface area contributed by atoms with Crippen LogP contribution in [0.3, 0.4) is 0 Å². The number of aliphatic hydroxyl groups is 2. The molecule has 0 saturated heterocycles. The van der Waals surface area contributed by atoms with Gasteiger partial charge in [0.05, 0.1) is 31.8 Å². The maximum absolute atomic E-state index is 8.90. The van der Waals surface area contributed by atoms with Crippen molar-refractivity contribution in [1.29, 1.82) is 0 Å². The molecule has 0 saturated carbocycles. The van der Waals surface area contributed by atoms with E-state index in [9.17, 15) is 0 Å². The van der Waals surface area contributed by atoms with Gasteiger partial charge in [0.2, 0.25) is 0 Å². The van der Waals surface area contributed by atoms with E-state index in [0.717, 1.165) is 0 Å². The van der Waals surface area contributed by atoms with Gasteiger partial charge in [-0.05, 0) is 0 Å². The van der Waals surface area contributed by atoms with E-state index in [1.165, 1.54) is 0 Å². The lowest BCUT2D eigenvalue weighted by Crippen LogP contribution is -2.26. The van der Waals surface area contributed by atoms with Gasteiger partial charge in [-0.3, -0.25) is 0 Å². The van der Waals surface area contributed by atoms with E-state index in [0.29, 0.717) is 0 Å². The van der Waals surface area contributed by atoms with Gasteiger partial charge < -0.3 is 25.6 Å². The lowest BCUT2D eigenvalue weighted by atomic mass is 10.6. The summed E-state index contributed by atoms with van der Waals surface area (Å²) in [6.45, 7) is -11.6. The van der Waals surface area contributed by atoms with Crippen LogP contribution in [0, 0.1) is 0 Å². The second-order valence-corrected chi connectivity index (χ2v) is 1.94. The zero-order valence-electron chi connectivity index (χ0n) is 15.1. The van der Waals surface area contributed by atoms with Gasteiger partial charge in [-0.25, -0.2) is 0 Å². The van der Waals surface area contributed by atoms with Crippen LogP contribution in [0.15, 0.2) is 0 Å². The molecule has 13 heavy (non-hydrogen) atoms. The maximum atomic E-state index is 8.90. The third-order valence-corrected chi connectivity index (χ3v) is 1.03. The fraction of sp³-hybridized carbons (Fsp3) is 1.00. The fourth-order valence-corrected chi connectivity index (χ4v) is 0.553. The van der Waals surface area contributed by atoms with Crippen LogP contribution in [0.4, 0.5) is 0 Å². The molecule has 0 unspecified atom stereocenters. The molecule has 0 atom stereocenters. The Morgan fingerprint density at radius 1 is 1.00 bits per heavy atom. The van der Waals surface area contributed by atoms with Gasteiger partial charge in [0, 0.05) is 31.6 Å². The van der Waals surface area contributed by atoms with Crippen molar-refractivity contribution in [1.82, 2.24) is 10.6 Å². The highest BCUT2D eigenvalue weighted by Gasteiger charge is 1.88. The molecule has 0 amide bonds. The minimum absolute atomic E-state index is 0.0354. The molecular weight excluding hydrogens is 172 g/mol. The summed E-state index contributed by atoms with van der Waals surface area (Å²) in [6.07, 6.45) is 0. The standard InChI is InChI=1S/C8H20N2O3/c11-5-1-9-3-7-13-8-4-10-2-6-12/h9-12H,1-8H2/i1D2,2D2,5D2,6D2. The molecule has 0 fully saturated rings. The Labute approximate surface area is 90.3 Å². The number of rotatable bonds is 10. The Morgan fingerprint density at radius 2 is 1.46 bits per heavy atom. The van der Waals surface area contributed by atoms with Crippen molar-refractivity contribution in [2.75, 3.05) is 52.4 Å². The van der Waals surface area contributed by atoms with E-state index >= 15 is 0 Å². The van der Waals surface area contributed by atoms with Crippen LogP contribution >= 0.6 is 0 Å². The monoisotopic (exact) mass is 200 g/mol. The van der Waals surface area contributed by atoms with Crippen LogP contribution in [0.1, 0.15) is 11.0 Å². The number of ether oxygens (including phenoxy) is 1. The average molecular weight is 200 g/mol. The fourth-order valence-electron chi connectivity index (χ4n) is 0.553. The summed E-state index contributed by atoms with van der Waals surface area (Å²) in [4.78, 5) is 0. The highest BCUT2D eigenvalue weighted by Crippen LogP contribution is 1.71. The predicted octanol–water partition coefficient (Wildman–Crippen LogP) is -1.83. The van der Waals surface area contributed by atoms with E-state index in [1.807, 2.05) is 0 Å². The molecule has 5 nitrogen and oxygen atoms in total. The van der Waals surface area contributed by atoms with Crippen molar-refractivity contribution >= 4 is 0 Å². The van der Waals surface area contributed by atoms with E-state index in [2.05, 4.69) is 10.6 Å². The van der Waals surface area contributed by atoms with Crippen LogP contribution in [-0.2, 0) is 4.74 Å². The van der Waals surface area contributed by atoms with E-state index in [4.69, 9.17) is 25.9 Å². The van der Waals surface area contributed by atoms with Crippen molar-refractivity contribution in [3.8, 4) is 0 Å². The van der Waals surface area contributed by atoms with E-state index < -0.39 is 26.1 Å². The minimum atomic E-state index is -3.04. The molecule has 0 aliphatic rings. The molecule has 0 aromatic heterocycles. The lowest BCUT2D eigenvalue weighted by molar-refractivity contribution is 0.135. The topological polar surface area (TPSA) is 73.8 Å². The Morgan fingerprint density at radius 3 is 1.85 bits per heavy atom. The largest absolute Gasteiger partial charge is 0.395 e. The summed E-state index contributed by atoms with van der Waals surface area (Å²) in [5, 5.41) is 22.0. The van der Waals surface area contributed by atoms with Gasteiger partial charge in [-0.1, -0.05) is 0 Å². The first-order valence-corrected chi connectivity index (χ1v) is 3.73. The molecule has 0 radical (unpaired) electrons. The Kier molecular flexibility index (Phi) is 4.13. The van der Waals surface area contributed by atoms with Crippen LogP contribution in [0.25, 0.3) is 0 Å². The SMILES string of the molecule is [2H]C([2H])(O)C([2H])([2H])NCCOCCNC([2H])([2H])C([2H])([2H])O. The first-order chi connectivity index (χ1) is 9.21. The van der Waals surface area contributed by atoms with Crippen LogP contribution < -0.4 is 10.6 Å². The van der Waals surface area contributed by atoms with Gasteiger partial charge in [0.25, 0.3) is 0 Å². The molecule has 0 spiro atoms. The van der Waals surface area contributed by atoms with E-state index in [1.54, 1.807) is 0 Å². The van der Waals surface area contributed by atoms with Crippen molar-refractivity contribution in [2.24, 2.45) is 0 Å². The smallest absolute Gasteiger partial charge is 0.0591 e. The highest BCUT2D eigenvalue weighted by atomic mass is 16.5. The van der Waals surface area contributed by atoms with Crippen LogP contribution in [0.2, 0.25) is 0 Å². The lowest BCUT2D eigenvalue weighted by Gasteiger charge is -2.05. The summed E-state index contributed by atoms with van der Waals surface area (Å²) >= 11 is 0. The Bertz CT molecular complexity index is 288. The van der Waals surface area contributed by atoms with Crippen LogP contribution in [0.5, 0.6) is 0 Å². The number of hydrogen-bond acceptors (Lipinski definition) is 5. The van der Waals surface area contributed by atoms with Gasteiger partial charge in [0.1, 0.15) is 0 Å². The Balaban J connectivity index is 3.81. The van der Waals surface area contributed by atoms with Gasteiger partial charge in [-0.2, -0.15) is 0 Å². The predicted molar refractivity (Wildman–Crippen MR) is 50.7 cm³/mol. The zero-order valence-corrected chi connectivity index (χ0v) is 7.13.